The second kappa shape index (κ2) is 6.56. The van der Waals surface area contributed by atoms with Crippen LogP contribution in [0.4, 0.5) is 0 Å². The van der Waals surface area contributed by atoms with Crippen LogP contribution in [0.15, 0.2) is 65.1 Å². The van der Waals surface area contributed by atoms with Crippen LogP contribution in [0.2, 0.25) is 5.02 Å². The van der Waals surface area contributed by atoms with Crippen LogP contribution in [0.25, 0.3) is 33.2 Å². The van der Waals surface area contributed by atoms with Gasteiger partial charge in [0.25, 0.3) is 0 Å². The molecule has 0 spiro atoms. The number of furan rings is 1. The van der Waals surface area contributed by atoms with Crippen molar-refractivity contribution in [2.24, 2.45) is 0 Å². The predicted octanol–water partition coefficient (Wildman–Crippen LogP) is 6.27. The number of hydrogen-bond donors (Lipinski definition) is 0. The van der Waals surface area contributed by atoms with Gasteiger partial charge >= 0.3 is 0 Å². The number of allylic oxidation sites excluding steroid dienone is 1. The molecule has 25 heavy (non-hydrogen) atoms. The van der Waals surface area contributed by atoms with Crippen LogP contribution in [-0.2, 0) is 0 Å². The minimum atomic E-state index is 0.484. The van der Waals surface area contributed by atoms with Gasteiger partial charge in [0.1, 0.15) is 22.6 Å². The molecule has 0 aliphatic carbocycles. The van der Waals surface area contributed by atoms with Gasteiger partial charge in [0.2, 0.25) is 0 Å². The number of para-hydroxylation sites is 1. The second-order valence-electron chi connectivity index (χ2n) is 5.37. The topological polar surface area (TPSA) is 49.8 Å². The van der Waals surface area contributed by atoms with E-state index in [1.54, 1.807) is 6.08 Å². The lowest BCUT2D eigenvalue weighted by molar-refractivity contribution is 0.572. The first kappa shape index (κ1) is 15.6. The maximum Gasteiger partial charge on any atom is 0.135 e. The molecule has 0 atom stereocenters. The van der Waals surface area contributed by atoms with E-state index < -0.39 is 0 Å². The van der Waals surface area contributed by atoms with Crippen LogP contribution in [0.5, 0.6) is 0 Å². The van der Waals surface area contributed by atoms with Gasteiger partial charge in [0.15, 0.2) is 0 Å². The fourth-order valence-electron chi connectivity index (χ4n) is 2.47. The highest BCUT2D eigenvalue weighted by molar-refractivity contribution is 7.19. The molecule has 3 nitrogen and oxygen atoms in total. The van der Waals surface area contributed by atoms with Crippen LogP contribution in [-0.4, -0.2) is 4.98 Å². The molecule has 2 aromatic heterocycles. The summed E-state index contributed by atoms with van der Waals surface area (Å²) in [6, 6.07) is 21.2. The first-order valence-electron chi connectivity index (χ1n) is 7.56. The van der Waals surface area contributed by atoms with Crippen molar-refractivity contribution in [2.75, 3.05) is 0 Å². The van der Waals surface area contributed by atoms with Gasteiger partial charge in [-0.1, -0.05) is 23.7 Å². The van der Waals surface area contributed by atoms with Crippen LogP contribution >= 0.6 is 22.9 Å². The van der Waals surface area contributed by atoms with E-state index in [1.807, 2.05) is 60.7 Å². The Hall–Kier alpha value is -2.87. The third kappa shape index (κ3) is 3.20. The van der Waals surface area contributed by atoms with Crippen LogP contribution in [0, 0.1) is 11.3 Å². The van der Waals surface area contributed by atoms with E-state index in [-0.39, 0.29) is 0 Å². The van der Waals surface area contributed by atoms with Crippen molar-refractivity contribution >= 4 is 44.8 Å². The molecule has 0 aliphatic rings. The smallest absolute Gasteiger partial charge is 0.135 e. The zero-order valence-corrected chi connectivity index (χ0v) is 14.5. The fraction of sp³-hybridized carbons (Fsp3) is 0. The number of halogens is 1. The molecule has 2 aromatic carbocycles. The van der Waals surface area contributed by atoms with E-state index in [0.29, 0.717) is 21.4 Å². The Morgan fingerprint density at radius 2 is 1.88 bits per heavy atom. The average Bonchev–Trinajstić information content (AvgIpc) is 3.27. The summed E-state index contributed by atoms with van der Waals surface area (Å²) in [5.74, 6) is 1.34. The fourth-order valence-corrected chi connectivity index (χ4v) is 3.53. The molecule has 4 rings (SSSR count). The van der Waals surface area contributed by atoms with Crippen molar-refractivity contribution in [2.45, 2.75) is 0 Å². The van der Waals surface area contributed by atoms with E-state index >= 15 is 0 Å². The minimum absolute atomic E-state index is 0.484. The Morgan fingerprint density at radius 3 is 2.64 bits per heavy atom. The second-order valence-corrected chi connectivity index (χ2v) is 6.83. The van der Waals surface area contributed by atoms with Crippen molar-refractivity contribution in [3.8, 4) is 17.4 Å². The SMILES string of the molecule is N#CC(=Cc1ccc(-c2ccc(Cl)cc2)o1)c1nc2ccccc2s1. The predicted molar refractivity (Wildman–Crippen MR) is 102 cm³/mol. The van der Waals surface area contributed by atoms with E-state index in [1.165, 1.54) is 11.3 Å². The number of nitrogens with zero attached hydrogens (tertiary/aromatic N) is 2. The maximum absolute atomic E-state index is 9.51. The van der Waals surface area contributed by atoms with Crippen LogP contribution in [0.1, 0.15) is 10.8 Å². The molecule has 0 amide bonds. The van der Waals surface area contributed by atoms with Gasteiger partial charge in [-0.3, -0.25) is 0 Å². The van der Waals surface area contributed by atoms with Crippen molar-refractivity contribution < 1.29 is 4.42 Å². The van der Waals surface area contributed by atoms with Gasteiger partial charge in [0, 0.05) is 16.7 Å². The number of rotatable bonds is 3. The Labute approximate surface area is 153 Å². The Bertz CT molecular complexity index is 1080. The molecule has 2 heterocycles. The molecular weight excluding hydrogens is 352 g/mol. The lowest BCUT2D eigenvalue weighted by atomic mass is 10.2. The van der Waals surface area contributed by atoms with E-state index in [9.17, 15) is 5.26 Å². The number of thiazole rings is 1. The Kier molecular flexibility index (Phi) is 4.10. The highest BCUT2D eigenvalue weighted by atomic mass is 35.5. The maximum atomic E-state index is 9.51. The molecule has 0 saturated carbocycles. The van der Waals surface area contributed by atoms with Crippen LogP contribution < -0.4 is 0 Å². The summed E-state index contributed by atoms with van der Waals surface area (Å²) in [6.45, 7) is 0. The third-order valence-corrected chi connectivity index (χ3v) is 5.01. The van der Waals surface area contributed by atoms with Gasteiger partial charge in [-0.25, -0.2) is 4.98 Å². The monoisotopic (exact) mass is 362 g/mol. The molecule has 4 aromatic rings. The molecule has 0 N–H and O–H groups in total. The number of hydrogen-bond acceptors (Lipinski definition) is 4. The minimum Gasteiger partial charge on any atom is -0.457 e. The highest BCUT2D eigenvalue weighted by Gasteiger charge is 2.10. The average molecular weight is 363 g/mol. The van der Waals surface area contributed by atoms with E-state index in [0.717, 1.165) is 21.5 Å². The van der Waals surface area contributed by atoms with Crippen molar-refractivity contribution in [3.05, 3.63) is 76.5 Å². The lowest BCUT2D eigenvalue weighted by Gasteiger charge is -1.96. The number of fused-ring (bicyclic) bond motifs is 1. The quantitative estimate of drug-likeness (QED) is 0.403. The zero-order valence-electron chi connectivity index (χ0n) is 12.9. The molecule has 0 saturated heterocycles. The zero-order chi connectivity index (χ0) is 17.2. The van der Waals surface area contributed by atoms with Crippen LogP contribution in [0.3, 0.4) is 0 Å². The molecule has 120 valence electrons. The summed E-state index contributed by atoms with van der Waals surface area (Å²) in [5.41, 5.74) is 2.31. The Morgan fingerprint density at radius 1 is 1.08 bits per heavy atom. The normalized spacial score (nSPS) is 11.6. The molecule has 0 bridgehead atoms. The van der Waals surface area contributed by atoms with Gasteiger partial charge < -0.3 is 4.42 Å². The summed E-state index contributed by atoms with van der Waals surface area (Å²) < 4.78 is 6.90. The summed E-state index contributed by atoms with van der Waals surface area (Å²) in [6.07, 6.45) is 1.72. The standard InChI is InChI=1S/C20H11ClN2OS/c21-15-7-5-13(6-8-15)18-10-9-16(24-18)11-14(12-22)20-23-17-3-1-2-4-19(17)25-20/h1-11H. The summed E-state index contributed by atoms with van der Waals surface area (Å²) in [7, 11) is 0. The Balaban J connectivity index is 1.69. The van der Waals surface area contributed by atoms with Crippen molar-refractivity contribution in [1.29, 1.82) is 5.26 Å². The lowest BCUT2D eigenvalue weighted by Crippen LogP contribution is -1.79. The third-order valence-electron chi connectivity index (χ3n) is 3.69. The van der Waals surface area contributed by atoms with Gasteiger partial charge in [-0.05, 0) is 48.5 Å². The summed E-state index contributed by atoms with van der Waals surface area (Å²) in [5, 5.41) is 10.9. The van der Waals surface area contributed by atoms with E-state index in [2.05, 4.69) is 11.1 Å². The van der Waals surface area contributed by atoms with Crippen molar-refractivity contribution in [1.82, 2.24) is 4.98 Å². The molecule has 5 heteroatoms. The first-order valence-corrected chi connectivity index (χ1v) is 8.76. The largest absolute Gasteiger partial charge is 0.457 e. The molecule has 0 aliphatic heterocycles. The molecule has 0 radical (unpaired) electrons. The first-order chi connectivity index (χ1) is 12.2. The summed E-state index contributed by atoms with van der Waals surface area (Å²) in [4.78, 5) is 4.53. The van der Waals surface area contributed by atoms with Crippen molar-refractivity contribution in [3.63, 3.8) is 0 Å². The van der Waals surface area contributed by atoms with E-state index in [4.69, 9.17) is 16.0 Å². The molecular formula is C20H11ClN2OS. The molecule has 0 unspecified atom stereocenters. The summed E-state index contributed by atoms with van der Waals surface area (Å²) >= 11 is 7.41. The van der Waals surface area contributed by atoms with Gasteiger partial charge in [0.05, 0.1) is 15.8 Å². The van der Waals surface area contributed by atoms with Gasteiger partial charge in [-0.2, -0.15) is 5.26 Å². The number of aromatic nitrogens is 1. The van der Waals surface area contributed by atoms with Gasteiger partial charge in [-0.15, -0.1) is 11.3 Å². The molecule has 0 fully saturated rings. The highest BCUT2D eigenvalue weighted by Crippen LogP contribution is 2.29. The number of benzene rings is 2. The number of nitriles is 1.